The number of hydrogen-bond donors (Lipinski definition) is 0. The minimum atomic E-state index is -1.17. The van der Waals surface area contributed by atoms with E-state index < -0.39 is 5.60 Å². The summed E-state index contributed by atoms with van der Waals surface area (Å²) in [6.45, 7) is 5.70. The van der Waals surface area contributed by atoms with Crippen LogP contribution < -0.4 is 4.74 Å². The third-order valence-corrected chi connectivity index (χ3v) is 5.21. The zero-order valence-corrected chi connectivity index (χ0v) is 16.8. The molecule has 0 saturated carbocycles. The Labute approximate surface area is 166 Å². The topological polar surface area (TPSA) is 68.5 Å². The highest BCUT2D eigenvalue weighted by Crippen LogP contribution is 2.38. The Bertz CT molecular complexity index is 838. The molecule has 2 heterocycles. The number of aromatic nitrogens is 2. The second-order valence-electron chi connectivity index (χ2n) is 6.65. The number of amides is 1. The number of aryl methyl sites for hydroxylation is 1. The van der Waals surface area contributed by atoms with Crippen molar-refractivity contribution in [3.8, 4) is 5.75 Å². The van der Waals surface area contributed by atoms with Crippen LogP contribution >= 0.6 is 34.8 Å². The molecule has 26 heavy (non-hydrogen) atoms. The Morgan fingerprint density at radius 1 is 1.27 bits per heavy atom. The second kappa shape index (κ2) is 7.25. The fourth-order valence-corrected chi connectivity index (χ4v) is 3.54. The summed E-state index contributed by atoms with van der Waals surface area (Å²) in [6.07, 6.45) is 1.61. The smallest absolute Gasteiger partial charge is 0.266 e. The minimum Gasteiger partial charge on any atom is -0.476 e. The lowest BCUT2D eigenvalue weighted by Crippen LogP contribution is -2.48. The van der Waals surface area contributed by atoms with Gasteiger partial charge in [0.05, 0.1) is 15.1 Å². The van der Waals surface area contributed by atoms with Gasteiger partial charge in [-0.1, -0.05) is 40.0 Å². The number of hydrogen-bond acceptors (Lipinski definition) is 5. The molecule has 1 fully saturated rings. The summed E-state index contributed by atoms with van der Waals surface area (Å²) in [5, 5.41) is 4.72. The SMILES string of the molecule is Cc1noc([C@@H]2CCCN2C(=O)C(C)(C)Oc2cc(Cl)c(Cl)cc2Cl)n1. The molecule has 1 aromatic carbocycles. The molecular weight excluding hydrogens is 401 g/mol. The zero-order valence-electron chi connectivity index (χ0n) is 14.6. The van der Waals surface area contributed by atoms with Gasteiger partial charge in [-0.25, -0.2) is 0 Å². The van der Waals surface area contributed by atoms with Crippen molar-refractivity contribution in [2.45, 2.75) is 45.3 Å². The molecule has 2 aromatic rings. The van der Waals surface area contributed by atoms with Crippen LogP contribution in [0.3, 0.4) is 0 Å². The Kier molecular flexibility index (Phi) is 5.37. The van der Waals surface area contributed by atoms with Crippen LogP contribution in [0, 0.1) is 6.92 Å². The van der Waals surface area contributed by atoms with Gasteiger partial charge in [-0.2, -0.15) is 4.98 Å². The predicted octanol–water partition coefficient (Wildman–Crippen LogP) is 4.86. The van der Waals surface area contributed by atoms with Gasteiger partial charge in [-0.15, -0.1) is 0 Å². The Morgan fingerprint density at radius 2 is 1.96 bits per heavy atom. The quantitative estimate of drug-likeness (QED) is 0.663. The van der Waals surface area contributed by atoms with Gasteiger partial charge in [0.1, 0.15) is 11.8 Å². The van der Waals surface area contributed by atoms with E-state index in [1.807, 2.05) is 0 Å². The molecule has 0 bridgehead atoms. The molecule has 0 radical (unpaired) electrons. The van der Waals surface area contributed by atoms with E-state index in [9.17, 15) is 4.79 Å². The first-order valence-corrected chi connectivity index (χ1v) is 9.27. The number of likely N-dealkylation sites (tertiary alicyclic amines) is 1. The summed E-state index contributed by atoms with van der Waals surface area (Å²) in [5.41, 5.74) is -1.17. The van der Waals surface area contributed by atoms with Gasteiger partial charge < -0.3 is 14.2 Å². The maximum Gasteiger partial charge on any atom is 0.266 e. The van der Waals surface area contributed by atoms with Crippen LogP contribution in [0.15, 0.2) is 16.7 Å². The number of carbonyl (C=O) groups is 1. The normalized spacial score (nSPS) is 17.6. The zero-order chi connectivity index (χ0) is 19.1. The van der Waals surface area contributed by atoms with E-state index in [1.54, 1.807) is 25.7 Å². The van der Waals surface area contributed by atoms with Gasteiger partial charge in [-0.05, 0) is 39.7 Å². The molecule has 140 valence electrons. The highest BCUT2D eigenvalue weighted by Gasteiger charge is 2.42. The van der Waals surface area contributed by atoms with Crippen LogP contribution in [0.1, 0.15) is 44.4 Å². The van der Waals surface area contributed by atoms with Crippen molar-refractivity contribution in [3.05, 3.63) is 38.9 Å². The number of rotatable bonds is 4. The molecule has 3 rings (SSSR count). The standard InChI is InChI=1S/C17H18Cl3N3O3/c1-9-21-15(26-22-9)13-5-4-6-23(13)16(24)17(2,3)25-14-8-11(19)10(18)7-12(14)20/h7-8,13H,4-6H2,1-3H3/t13-/m0/s1. The first kappa shape index (κ1) is 19.3. The van der Waals surface area contributed by atoms with Gasteiger partial charge in [0, 0.05) is 12.6 Å². The Hall–Kier alpha value is -1.50. The first-order valence-electron chi connectivity index (χ1n) is 8.14. The van der Waals surface area contributed by atoms with Crippen molar-refractivity contribution >= 4 is 40.7 Å². The van der Waals surface area contributed by atoms with Crippen LogP contribution in [0.4, 0.5) is 0 Å². The van der Waals surface area contributed by atoms with Crippen molar-refractivity contribution in [2.75, 3.05) is 6.54 Å². The molecule has 6 nitrogen and oxygen atoms in total. The molecule has 0 spiro atoms. The van der Waals surface area contributed by atoms with Gasteiger partial charge in [0.2, 0.25) is 5.89 Å². The van der Waals surface area contributed by atoms with Crippen molar-refractivity contribution in [1.82, 2.24) is 15.0 Å². The van der Waals surface area contributed by atoms with E-state index in [4.69, 9.17) is 44.1 Å². The molecule has 9 heteroatoms. The number of halogens is 3. The summed E-state index contributed by atoms with van der Waals surface area (Å²) in [4.78, 5) is 19.1. The summed E-state index contributed by atoms with van der Waals surface area (Å²) >= 11 is 18.1. The molecule has 1 aromatic heterocycles. The number of carbonyl (C=O) groups excluding carboxylic acids is 1. The molecule has 0 N–H and O–H groups in total. The molecule has 1 saturated heterocycles. The molecule has 1 amide bonds. The van der Waals surface area contributed by atoms with Crippen LogP contribution in [-0.2, 0) is 4.79 Å². The molecular formula is C17H18Cl3N3O3. The Balaban J connectivity index is 1.82. The second-order valence-corrected chi connectivity index (χ2v) is 7.87. The largest absolute Gasteiger partial charge is 0.476 e. The monoisotopic (exact) mass is 417 g/mol. The van der Waals surface area contributed by atoms with Gasteiger partial charge in [0.25, 0.3) is 5.91 Å². The van der Waals surface area contributed by atoms with E-state index >= 15 is 0 Å². The molecule has 0 unspecified atom stereocenters. The van der Waals surface area contributed by atoms with Crippen LogP contribution in [0.25, 0.3) is 0 Å². The van der Waals surface area contributed by atoms with Gasteiger partial charge in [0.15, 0.2) is 11.4 Å². The Morgan fingerprint density at radius 3 is 2.62 bits per heavy atom. The molecule has 1 atom stereocenters. The lowest BCUT2D eigenvalue weighted by atomic mass is 10.1. The van der Waals surface area contributed by atoms with E-state index in [0.29, 0.717) is 34.1 Å². The fraction of sp³-hybridized carbons (Fsp3) is 0.471. The highest BCUT2D eigenvalue weighted by atomic mass is 35.5. The lowest BCUT2D eigenvalue weighted by molar-refractivity contribution is -0.147. The number of nitrogens with zero attached hydrogens (tertiary/aromatic N) is 3. The first-order chi connectivity index (χ1) is 12.2. The molecule has 1 aliphatic heterocycles. The fourth-order valence-electron chi connectivity index (χ4n) is 2.96. The predicted molar refractivity (Wildman–Crippen MR) is 98.9 cm³/mol. The minimum absolute atomic E-state index is 0.196. The van der Waals surface area contributed by atoms with Crippen LogP contribution in [0.5, 0.6) is 5.75 Å². The summed E-state index contributed by atoms with van der Waals surface area (Å²) in [7, 11) is 0. The average Bonchev–Trinajstić information content (AvgIpc) is 3.20. The van der Waals surface area contributed by atoms with Crippen molar-refractivity contribution in [2.24, 2.45) is 0 Å². The number of benzene rings is 1. The average molecular weight is 419 g/mol. The van der Waals surface area contributed by atoms with E-state index in [0.717, 1.165) is 12.8 Å². The summed E-state index contributed by atoms with van der Waals surface area (Å²) < 4.78 is 11.2. The summed E-state index contributed by atoms with van der Waals surface area (Å²) in [5.74, 6) is 1.08. The van der Waals surface area contributed by atoms with Crippen molar-refractivity contribution < 1.29 is 14.1 Å². The maximum atomic E-state index is 13.1. The van der Waals surface area contributed by atoms with Crippen LogP contribution in [-0.4, -0.2) is 33.1 Å². The maximum absolute atomic E-state index is 13.1. The van der Waals surface area contributed by atoms with Crippen molar-refractivity contribution in [1.29, 1.82) is 0 Å². The molecule has 1 aliphatic rings. The number of ether oxygens (including phenoxy) is 1. The highest BCUT2D eigenvalue weighted by molar-refractivity contribution is 6.43. The summed E-state index contributed by atoms with van der Waals surface area (Å²) in [6, 6.07) is 2.74. The van der Waals surface area contributed by atoms with E-state index in [-0.39, 0.29) is 17.0 Å². The third kappa shape index (κ3) is 3.77. The van der Waals surface area contributed by atoms with Gasteiger partial charge in [-0.3, -0.25) is 4.79 Å². The van der Waals surface area contributed by atoms with Crippen LogP contribution in [0.2, 0.25) is 15.1 Å². The van der Waals surface area contributed by atoms with Crippen molar-refractivity contribution in [3.63, 3.8) is 0 Å². The van der Waals surface area contributed by atoms with Gasteiger partial charge >= 0.3 is 0 Å². The lowest BCUT2D eigenvalue weighted by Gasteiger charge is -2.32. The van der Waals surface area contributed by atoms with E-state index in [1.165, 1.54) is 12.1 Å². The third-order valence-electron chi connectivity index (χ3n) is 4.20. The van der Waals surface area contributed by atoms with E-state index in [2.05, 4.69) is 10.1 Å². The molecule has 0 aliphatic carbocycles.